The molecule has 7 nitrogen and oxygen atoms in total. The molecule has 1 atom stereocenters. The Bertz CT molecular complexity index is 1070. The number of hydrogen-bond donors (Lipinski definition) is 0. The van der Waals surface area contributed by atoms with Crippen LogP contribution in [0.1, 0.15) is 23.2 Å². The maximum atomic E-state index is 6.08. The fraction of sp³-hybridized carbons (Fsp3) is 0.250. The summed E-state index contributed by atoms with van der Waals surface area (Å²) in [7, 11) is 1.92. The molecular formula is C20H20N6OS. The van der Waals surface area contributed by atoms with E-state index < -0.39 is 0 Å². The monoisotopic (exact) mass is 392 g/mol. The summed E-state index contributed by atoms with van der Waals surface area (Å²) in [4.78, 5) is 7.05. The van der Waals surface area contributed by atoms with Gasteiger partial charge < -0.3 is 13.6 Å². The van der Waals surface area contributed by atoms with Crippen molar-refractivity contribution < 1.29 is 4.42 Å². The van der Waals surface area contributed by atoms with Crippen molar-refractivity contribution in [2.75, 3.05) is 6.54 Å². The molecule has 0 aromatic carbocycles. The first-order chi connectivity index (χ1) is 13.8. The van der Waals surface area contributed by atoms with Crippen LogP contribution in [0, 0.1) is 0 Å². The molecule has 0 saturated carbocycles. The average Bonchev–Trinajstić information content (AvgIpc) is 3.45. The van der Waals surface area contributed by atoms with Gasteiger partial charge in [-0.15, -0.1) is 10.2 Å². The van der Waals surface area contributed by atoms with Gasteiger partial charge in [0.05, 0.1) is 18.3 Å². The van der Waals surface area contributed by atoms with E-state index in [0.29, 0.717) is 0 Å². The Hall–Kier alpha value is -2.84. The van der Waals surface area contributed by atoms with Crippen LogP contribution in [-0.2, 0) is 20.1 Å². The molecule has 0 aliphatic carbocycles. The van der Waals surface area contributed by atoms with Crippen molar-refractivity contribution in [3.05, 3.63) is 78.3 Å². The van der Waals surface area contributed by atoms with Gasteiger partial charge in [0.15, 0.2) is 10.2 Å². The first-order valence-electron chi connectivity index (χ1n) is 9.18. The third kappa shape index (κ3) is 3.25. The van der Waals surface area contributed by atoms with Gasteiger partial charge in [0.2, 0.25) is 0 Å². The summed E-state index contributed by atoms with van der Waals surface area (Å²) < 4.78 is 10.3. The largest absolute Gasteiger partial charge is 0.453 e. The van der Waals surface area contributed by atoms with Gasteiger partial charge in [0, 0.05) is 38.2 Å². The Kier molecular flexibility index (Phi) is 4.50. The lowest BCUT2D eigenvalue weighted by molar-refractivity contribution is 0.156. The Labute approximate surface area is 167 Å². The molecule has 8 heteroatoms. The molecule has 0 N–H and O–H groups in total. The van der Waals surface area contributed by atoms with Gasteiger partial charge in [-0.2, -0.15) is 0 Å². The highest BCUT2D eigenvalue weighted by atomic mass is 32.2. The van der Waals surface area contributed by atoms with Crippen molar-refractivity contribution in [2.45, 2.75) is 29.4 Å². The smallest absolute Gasteiger partial charge is 0.198 e. The van der Waals surface area contributed by atoms with Crippen LogP contribution in [0.25, 0.3) is 0 Å². The van der Waals surface area contributed by atoms with E-state index in [2.05, 4.69) is 49.0 Å². The summed E-state index contributed by atoms with van der Waals surface area (Å²) in [6.45, 7) is 2.63. The zero-order chi connectivity index (χ0) is 18.9. The minimum absolute atomic E-state index is 0.116. The number of rotatable bonds is 5. The SMILES string of the molecule is Cn1cnnc1Sc1ccc(CN2CCn3cccc3C2c2ccccn2)o1. The van der Waals surface area contributed by atoms with Crippen molar-refractivity contribution >= 4 is 11.8 Å². The van der Waals surface area contributed by atoms with Crippen molar-refractivity contribution in [2.24, 2.45) is 7.05 Å². The maximum absolute atomic E-state index is 6.08. The van der Waals surface area contributed by atoms with Gasteiger partial charge in [-0.05, 0) is 48.2 Å². The molecule has 1 aliphatic rings. The molecule has 28 heavy (non-hydrogen) atoms. The van der Waals surface area contributed by atoms with Crippen LogP contribution in [0.3, 0.4) is 0 Å². The summed E-state index contributed by atoms with van der Waals surface area (Å²) in [6.07, 6.45) is 5.69. The van der Waals surface area contributed by atoms with Crippen molar-refractivity contribution in [3.63, 3.8) is 0 Å². The second kappa shape index (κ2) is 7.29. The van der Waals surface area contributed by atoms with Crippen LogP contribution in [0.4, 0.5) is 0 Å². The number of hydrogen-bond acceptors (Lipinski definition) is 6. The summed E-state index contributed by atoms with van der Waals surface area (Å²) >= 11 is 1.48. The third-order valence-electron chi connectivity index (χ3n) is 4.96. The van der Waals surface area contributed by atoms with Crippen LogP contribution in [0.15, 0.2) is 75.9 Å². The van der Waals surface area contributed by atoms with E-state index in [9.17, 15) is 0 Å². The van der Waals surface area contributed by atoms with Gasteiger partial charge in [0.25, 0.3) is 0 Å². The number of aryl methyl sites for hydroxylation is 1. The average molecular weight is 392 g/mol. The molecular weight excluding hydrogens is 372 g/mol. The van der Waals surface area contributed by atoms with Gasteiger partial charge in [-0.1, -0.05) is 6.07 Å². The van der Waals surface area contributed by atoms with Crippen LogP contribution in [0.5, 0.6) is 0 Å². The lowest BCUT2D eigenvalue weighted by Gasteiger charge is -2.36. The molecule has 0 saturated heterocycles. The molecule has 4 aromatic heterocycles. The highest BCUT2D eigenvalue weighted by molar-refractivity contribution is 7.99. The highest BCUT2D eigenvalue weighted by Crippen LogP contribution is 2.34. The van der Waals surface area contributed by atoms with Gasteiger partial charge >= 0.3 is 0 Å². The summed E-state index contributed by atoms with van der Waals surface area (Å²) in [6, 6.07) is 14.5. The van der Waals surface area contributed by atoms with E-state index in [1.54, 1.807) is 6.33 Å². The number of aromatic nitrogens is 5. The minimum atomic E-state index is 0.116. The summed E-state index contributed by atoms with van der Waals surface area (Å²) in [5.74, 6) is 0.936. The van der Waals surface area contributed by atoms with E-state index in [-0.39, 0.29) is 6.04 Å². The van der Waals surface area contributed by atoms with E-state index in [1.165, 1.54) is 17.5 Å². The molecule has 5 heterocycles. The number of fused-ring (bicyclic) bond motifs is 1. The zero-order valence-corrected chi connectivity index (χ0v) is 16.3. The Morgan fingerprint density at radius 1 is 1.14 bits per heavy atom. The molecule has 1 unspecified atom stereocenters. The molecule has 0 amide bonds. The lowest BCUT2D eigenvalue weighted by Crippen LogP contribution is -2.38. The van der Waals surface area contributed by atoms with Crippen LogP contribution in [0.2, 0.25) is 0 Å². The van der Waals surface area contributed by atoms with Gasteiger partial charge in [0.1, 0.15) is 12.1 Å². The molecule has 1 aliphatic heterocycles. The van der Waals surface area contributed by atoms with E-state index in [0.717, 1.165) is 41.3 Å². The molecule has 0 spiro atoms. The predicted molar refractivity (Wildman–Crippen MR) is 105 cm³/mol. The molecule has 0 radical (unpaired) electrons. The van der Waals surface area contributed by atoms with Crippen LogP contribution in [-0.4, -0.2) is 35.8 Å². The Balaban J connectivity index is 1.39. The molecule has 5 rings (SSSR count). The van der Waals surface area contributed by atoms with Crippen molar-refractivity contribution in [1.29, 1.82) is 0 Å². The lowest BCUT2D eigenvalue weighted by atomic mass is 10.0. The predicted octanol–water partition coefficient (Wildman–Crippen LogP) is 3.36. The third-order valence-corrected chi connectivity index (χ3v) is 5.94. The number of nitrogens with zero attached hydrogens (tertiary/aromatic N) is 6. The Morgan fingerprint density at radius 2 is 2.11 bits per heavy atom. The summed E-state index contributed by atoms with van der Waals surface area (Å²) in [5, 5.41) is 9.64. The first-order valence-corrected chi connectivity index (χ1v) is 10.00. The molecule has 142 valence electrons. The maximum Gasteiger partial charge on any atom is 0.198 e. The minimum Gasteiger partial charge on any atom is -0.453 e. The van der Waals surface area contributed by atoms with Crippen molar-refractivity contribution in [3.8, 4) is 0 Å². The van der Waals surface area contributed by atoms with E-state index >= 15 is 0 Å². The fourth-order valence-electron chi connectivity index (χ4n) is 3.63. The van der Waals surface area contributed by atoms with Crippen molar-refractivity contribution in [1.82, 2.24) is 29.2 Å². The molecule has 0 fully saturated rings. The summed E-state index contributed by atoms with van der Waals surface area (Å²) in [5.41, 5.74) is 2.33. The van der Waals surface area contributed by atoms with Gasteiger partial charge in [-0.25, -0.2) is 0 Å². The molecule has 0 bridgehead atoms. The van der Waals surface area contributed by atoms with Crippen LogP contribution < -0.4 is 0 Å². The molecule has 4 aromatic rings. The van der Waals surface area contributed by atoms with E-state index in [1.807, 2.05) is 42.1 Å². The second-order valence-electron chi connectivity index (χ2n) is 6.80. The Morgan fingerprint density at radius 3 is 2.93 bits per heavy atom. The number of pyridine rings is 1. The highest BCUT2D eigenvalue weighted by Gasteiger charge is 2.30. The van der Waals surface area contributed by atoms with Crippen LogP contribution >= 0.6 is 11.8 Å². The quantitative estimate of drug-likeness (QED) is 0.519. The first kappa shape index (κ1) is 17.3. The topological polar surface area (TPSA) is 64.9 Å². The second-order valence-corrected chi connectivity index (χ2v) is 7.77. The standard InChI is InChI=1S/C20H20N6OS/c1-24-14-22-23-20(24)28-18-8-7-15(27-18)13-26-12-11-25-10-4-6-17(25)19(26)16-5-2-3-9-21-16/h2-10,14,19H,11-13H2,1H3. The van der Waals surface area contributed by atoms with Gasteiger partial charge in [-0.3, -0.25) is 9.88 Å². The normalized spacial score (nSPS) is 17.0. The van der Waals surface area contributed by atoms with E-state index in [4.69, 9.17) is 4.42 Å². The fourth-order valence-corrected chi connectivity index (χ4v) is 4.38. The number of furan rings is 1. The zero-order valence-electron chi connectivity index (χ0n) is 15.5.